The fourth-order valence-corrected chi connectivity index (χ4v) is 2.23. The molecule has 5 heteroatoms. The van der Waals surface area contributed by atoms with Crippen LogP contribution in [0.15, 0.2) is 34.9 Å². The van der Waals surface area contributed by atoms with Gasteiger partial charge in [-0.05, 0) is 24.8 Å². The lowest BCUT2D eigenvalue weighted by Crippen LogP contribution is -2.12. The van der Waals surface area contributed by atoms with Gasteiger partial charge in [0, 0.05) is 7.11 Å². The average Bonchev–Trinajstić information content (AvgIpc) is 3.01. The first-order chi connectivity index (χ1) is 10.2. The molecule has 1 aromatic carbocycles. The zero-order chi connectivity index (χ0) is 15.1. The van der Waals surface area contributed by atoms with Crippen molar-refractivity contribution < 1.29 is 9.26 Å². The van der Waals surface area contributed by atoms with Crippen LogP contribution >= 0.6 is 0 Å². The molecule has 0 aliphatic carbocycles. The van der Waals surface area contributed by atoms with Gasteiger partial charge in [-0.25, -0.2) is 0 Å². The molecule has 0 aliphatic rings. The molecule has 0 radical (unpaired) electrons. The monoisotopic (exact) mass is 289 g/mol. The van der Waals surface area contributed by atoms with E-state index >= 15 is 0 Å². The van der Waals surface area contributed by atoms with E-state index in [-0.39, 0.29) is 12.1 Å². The minimum Gasteiger partial charge on any atom is -0.373 e. The van der Waals surface area contributed by atoms with E-state index in [0.717, 1.165) is 25.7 Å². The molecule has 0 spiro atoms. The number of nitrogens with two attached hydrogens (primary N) is 1. The van der Waals surface area contributed by atoms with Crippen molar-refractivity contribution in [3.63, 3.8) is 0 Å². The summed E-state index contributed by atoms with van der Waals surface area (Å²) in [5, 5.41) is 3.99. The summed E-state index contributed by atoms with van der Waals surface area (Å²) < 4.78 is 10.7. The van der Waals surface area contributed by atoms with Gasteiger partial charge in [-0.15, -0.1) is 0 Å². The molecule has 2 rings (SSSR count). The number of hydrogen-bond acceptors (Lipinski definition) is 5. The molecule has 1 heterocycles. The molecule has 0 bridgehead atoms. The van der Waals surface area contributed by atoms with Crippen LogP contribution in [0.2, 0.25) is 0 Å². The molecule has 2 atom stereocenters. The van der Waals surface area contributed by atoms with Crippen LogP contribution in [0.25, 0.3) is 0 Å². The highest BCUT2D eigenvalue weighted by molar-refractivity contribution is 5.15. The van der Waals surface area contributed by atoms with Crippen molar-refractivity contribution in [2.45, 2.75) is 44.8 Å². The van der Waals surface area contributed by atoms with Crippen LogP contribution in [0.4, 0.5) is 0 Å². The van der Waals surface area contributed by atoms with E-state index in [4.69, 9.17) is 15.0 Å². The van der Waals surface area contributed by atoms with Crippen molar-refractivity contribution in [3.8, 4) is 0 Å². The quantitative estimate of drug-likeness (QED) is 0.807. The molecule has 5 nitrogen and oxygen atoms in total. The third kappa shape index (κ3) is 4.37. The molecule has 114 valence electrons. The lowest BCUT2D eigenvalue weighted by atomic mass is 10.1. The van der Waals surface area contributed by atoms with E-state index in [2.05, 4.69) is 29.2 Å². The summed E-state index contributed by atoms with van der Waals surface area (Å²) in [6.07, 6.45) is 3.42. The van der Waals surface area contributed by atoms with E-state index in [1.54, 1.807) is 7.11 Å². The molecule has 0 saturated carbocycles. The highest BCUT2D eigenvalue weighted by Gasteiger charge is 2.20. The molecular formula is C16H23N3O2. The number of rotatable bonds is 8. The van der Waals surface area contributed by atoms with Crippen molar-refractivity contribution in [2.75, 3.05) is 7.11 Å². The second-order valence-corrected chi connectivity index (χ2v) is 5.13. The van der Waals surface area contributed by atoms with Gasteiger partial charge in [0.15, 0.2) is 0 Å². The van der Waals surface area contributed by atoms with Crippen molar-refractivity contribution >= 4 is 0 Å². The van der Waals surface area contributed by atoms with Gasteiger partial charge < -0.3 is 15.0 Å². The lowest BCUT2D eigenvalue weighted by molar-refractivity contribution is 0.0854. The zero-order valence-electron chi connectivity index (χ0n) is 12.7. The minimum absolute atomic E-state index is 0.117. The number of hydrogen-bond donors (Lipinski definition) is 1. The average molecular weight is 289 g/mol. The Hall–Kier alpha value is -1.72. The minimum atomic E-state index is -0.245. The van der Waals surface area contributed by atoms with Gasteiger partial charge in [0.2, 0.25) is 11.7 Å². The van der Waals surface area contributed by atoms with Crippen molar-refractivity contribution in [1.82, 2.24) is 10.1 Å². The third-order valence-corrected chi connectivity index (χ3v) is 3.48. The summed E-state index contributed by atoms with van der Waals surface area (Å²) >= 11 is 0. The number of ether oxygens (including phenoxy) is 1. The van der Waals surface area contributed by atoms with Gasteiger partial charge in [0.25, 0.3) is 0 Å². The first kappa shape index (κ1) is 15.7. The predicted molar refractivity (Wildman–Crippen MR) is 80.6 cm³/mol. The second kappa shape index (κ2) is 7.90. The molecule has 2 N–H and O–H groups in total. The lowest BCUT2D eigenvalue weighted by Gasteiger charge is -2.09. The third-order valence-electron chi connectivity index (χ3n) is 3.48. The topological polar surface area (TPSA) is 74.2 Å². The van der Waals surface area contributed by atoms with E-state index in [0.29, 0.717) is 11.7 Å². The van der Waals surface area contributed by atoms with Crippen LogP contribution in [0.3, 0.4) is 0 Å². The van der Waals surface area contributed by atoms with E-state index < -0.39 is 0 Å². The molecular weight excluding hydrogens is 266 g/mol. The predicted octanol–water partition coefficient (Wildman–Crippen LogP) is 3.19. The molecule has 1 aromatic heterocycles. The Morgan fingerprint density at radius 3 is 2.67 bits per heavy atom. The van der Waals surface area contributed by atoms with Gasteiger partial charge in [0.05, 0.1) is 6.04 Å². The van der Waals surface area contributed by atoms with Crippen LogP contribution in [-0.4, -0.2) is 17.3 Å². The maximum Gasteiger partial charge on any atom is 0.243 e. The fourth-order valence-electron chi connectivity index (χ4n) is 2.23. The number of aromatic nitrogens is 2. The second-order valence-electron chi connectivity index (χ2n) is 5.13. The molecule has 0 saturated heterocycles. The molecule has 0 amide bonds. The summed E-state index contributed by atoms with van der Waals surface area (Å²) in [7, 11) is 1.66. The van der Waals surface area contributed by atoms with Gasteiger partial charge in [0.1, 0.15) is 6.10 Å². The largest absolute Gasteiger partial charge is 0.373 e. The highest BCUT2D eigenvalue weighted by Crippen LogP contribution is 2.22. The van der Waals surface area contributed by atoms with Crippen LogP contribution < -0.4 is 5.73 Å². The van der Waals surface area contributed by atoms with Crippen LogP contribution in [0.1, 0.15) is 55.6 Å². The van der Waals surface area contributed by atoms with Crippen LogP contribution in [-0.2, 0) is 11.2 Å². The summed E-state index contributed by atoms with van der Waals surface area (Å²) in [6.45, 7) is 2.10. The van der Waals surface area contributed by atoms with Crippen molar-refractivity contribution in [1.29, 1.82) is 0 Å². The summed E-state index contributed by atoms with van der Waals surface area (Å²) in [6, 6.07) is 10.00. The maximum atomic E-state index is 6.13. The first-order valence-electron chi connectivity index (χ1n) is 7.40. The smallest absolute Gasteiger partial charge is 0.243 e. The normalized spacial score (nSPS) is 14.0. The molecule has 0 aliphatic heterocycles. The molecule has 1 unspecified atom stereocenters. The van der Waals surface area contributed by atoms with E-state index in [1.165, 1.54) is 5.56 Å². The summed E-state index contributed by atoms with van der Waals surface area (Å²) in [5.74, 6) is 1.07. The number of benzene rings is 1. The van der Waals surface area contributed by atoms with Crippen LogP contribution in [0.5, 0.6) is 0 Å². The molecule has 21 heavy (non-hydrogen) atoms. The maximum absolute atomic E-state index is 6.13. The van der Waals surface area contributed by atoms with Gasteiger partial charge in [-0.3, -0.25) is 0 Å². The van der Waals surface area contributed by atoms with Crippen LogP contribution in [0, 0.1) is 0 Å². The standard InChI is InChI=1S/C16H23N3O2/c1-3-7-14(20-2)15-18-16(21-19-15)13(17)11-10-12-8-5-4-6-9-12/h4-6,8-9,13-14H,3,7,10-11,17H2,1-2H3/t13-,14?/m0/s1. The fraction of sp³-hybridized carbons (Fsp3) is 0.500. The molecule has 0 fully saturated rings. The number of aryl methyl sites for hydroxylation is 1. The Bertz CT molecular complexity index is 527. The first-order valence-corrected chi connectivity index (χ1v) is 7.40. The number of methoxy groups -OCH3 is 1. The van der Waals surface area contributed by atoms with Gasteiger partial charge in [-0.2, -0.15) is 4.98 Å². The summed E-state index contributed by atoms with van der Waals surface area (Å²) in [5.41, 5.74) is 7.39. The Morgan fingerprint density at radius 2 is 2.00 bits per heavy atom. The molecule has 2 aromatic rings. The Morgan fingerprint density at radius 1 is 1.24 bits per heavy atom. The van der Waals surface area contributed by atoms with E-state index in [9.17, 15) is 0 Å². The zero-order valence-corrected chi connectivity index (χ0v) is 12.7. The van der Waals surface area contributed by atoms with Crippen molar-refractivity contribution in [2.24, 2.45) is 5.73 Å². The van der Waals surface area contributed by atoms with Gasteiger partial charge >= 0.3 is 0 Å². The van der Waals surface area contributed by atoms with Crippen molar-refractivity contribution in [3.05, 3.63) is 47.6 Å². The van der Waals surface area contributed by atoms with Gasteiger partial charge in [-0.1, -0.05) is 48.8 Å². The van der Waals surface area contributed by atoms with E-state index in [1.807, 2.05) is 18.2 Å². The Balaban J connectivity index is 1.93. The highest BCUT2D eigenvalue weighted by atomic mass is 16.5. The Labute approximate surface area is 125 Å². The summed E-state index contributed by atoms with van der Waals surface area (Å²) in [4.78, 5) is 4.38. The Kier molecular flexibility index (Phi) is 5.90. The number of nitrogens with zero attached hydrogens (tertiary/aromatic N) is 2. The SMILES string of the molecule is CCCC(OC)c1noc([C@@H](N)CCc2ccccc2)n1.